The summed E-state index contributed by atoms with van der Waals surface area (Å²) in [5, 5.41) is 18.1. The van der Waals surface area contributed by atoms with Crippen LogP contribution in [0.3, 0.4) is 0 Å². The molecule has 2 unspecified atom stereocenters. The van der Waals surface area contributed by atoms with E-state index in [1.165, 1.54) is 12.1 Å². The molecule has 9 heteroatoms. The molecule has 0 aromatic heterocycles. The van der Waals surface area contributed by atoms with E-state index in [1.807, 2.05) is 47.5 Å². The summed E-state index contributed by atoms with van der Waals surface area (Å²) in [6.07, 6.45) is 0.0505. The first-order valence-electron chi connectivity index (χ1n) is 10.3. The molecule has 2 aliphatic heterocycles. The maximum atomic E-state index is 11.3. The number of hydrogen-bond donors (Lipinski definition) is 0. The van der Waals surface area contributed by atoms with Gasteiger partial charge in [-0.2, -0.15) is 5.10 Å². The van der Waals surface area contributed by atoms with Crippen LogP contribution in [0.2, 0.25) is 0 Å². The number of fused-ring (bicyclic) bond motifs is 3. The summed E-state index contributed by atoms with van der Waals surface area (Å²) in [5.74, 6) is 2.00. The minimum absolute atomic E-state index is 0.0116. The standard InChI is InChI=1S/C24H20BrN3O5/c1-31-22-8-6-14(11-23(22)32-2)19-13-20-18-12-16(25)7-9-21(18)33-24(27(20)26-19)15-4-3-5-17(10-15)28(29)30/h3-12,20,24H,13H2,1-2H3. The zero-order valence-electron chi connectivity index (χ0n) is 17.9. The van der Waals surface area contributed by atoms with Crippen LogP contribution in [0.5, 0.6) is 17.2 Å². The largest absolute Gasteiger partial charge is 0.493 e. The quantitative estimate of drug-likeness (QED) is 0.327. The third kappa shape index (κ3) is 3.78. The molecule has 0 saturated heterocycles. The fourth-order valence-corrected chi connectivity index (χ4v) is 4.64. The van der Waals surface area contributed by atoms with Crippen LogP contribution >= 0.6 is 15.9 Å². The molecule has 168 valence electrons. The van der Waals surface area contributed by atoms with Gasteiger partial charge in [-0.1, -0.05) is 28.1 Å². The third-order valence-corrected chi connectivity index (χ3v) is 6.33. The minimum atomic E-state index is -0.596. The highest BCUT2D eigenvalue weighted by Gasteiger charge is 2.41. The monoisotopic (exact) mass is 509 g/mol. The molecule has 0 spiro atoms. The molecule has 0 saturated carbocycles. The highest BCUT2D eigenvalue weighted by molar-refractivity contribution is 9.10. The maximum absolute atomic E-state index is 11.3. The first-order chi connectivity index (χ1) is 16.0. The number of ether oxygens (including phenoxy) is 3. The number of nitrogens with zero attached hydrogens (tertiary/aromatic N) is 3. The van der Waals surface area contributed by atoms with E-state index >= 15 is 0 Å². The highest BCUT2D eigenvalue weighted by Crippen LogP contribution is 2.48. The second-order valence-corrected chi connectivity index (χ2v) is 8.64. The van der Waals surface area contributed by atoms with Crippen molar-refractivity contribution in [3.63, 3.8) is 0 Å². The number of hydrogen-bond acceptors (Lipinski definition) is 7. The number of halogens is 1. The van der Waals surface area contributed by atoms with Gasteiger partial charge >= 0.3 is 0 Å². The van der Waals surface area contributed by atoms with Gasteiger partial charge in [0.1, 0.15) is 5.75 Å². The van der Waals surface area contributed by atoms with Gasteiger partial charge in [0.2, 0.25) is 6.23 Å². The normalized spacial score (nSPS) is 18.6. The number of non-ortho nitro benzene ring substituents is 1. The number of hydrazone groups is 1. The van der Waals surface area contributed by atoms with E-state index < -0.39 is 11.2 Å². The SMILES string of the molecule is COc1ccc(C2=NN3C(C2)c2cc(Br)ccc2OC3c2cccc([N+](=O)[O-])c2)cc1OC. The molecule has 8 nitrogen and oxygen atoms in total. The van der Waals surface area contributed by atoms with Gasteiger partial charge in [-0.3, -0.25) is 10.1 Å². The summed E-state index contributed by atoms with van der Waals surface area (Å²) >= 11 is 3.55. The number of methoxy groups -OCH3 is 2. The second-order valence-electron chi connectivity index (χ2n) is 7.72. The molecule has 0 bridgehead atoms. The Morgan fingerprint density at radius 1 is 1.09 bits per heavy atom. The van der Waals surface area contributed by atoms with Crippen molar-refractivity contribution in [3.05, 3.63) is 91.9 Å². The first kappa shape index (κ1) is 21.3. The molecule has 2 aliphatic rings. The molecule has 0 amide bonds. The van der Waals surface area contributed by atoms with E-state index in [-0.39, 0.29) is 11.7 Å². The zero-order chi connectivity index (χ0) is 23.1. The Balaban J connectivity index is 1.59. The molecule has 0 N–H and O–H groups in total. The van der Waals surface area contributed by atoms with Crippen LogP contribution in [-0.4, -0.2) is 29.9 Å². The van der Waals surface area contributed by atoms with Crippen molar-refractivity contribution < 1.29 is 19.1 Å². The predicted octanol–water partition coefficient (Wildman–Crippen LogP) is 5.62. The summed E-state index contributed by atoms with van der Waals surface area (Å²) in [6, 6.07) is 18.0. The number of nitro benzene ring substituents is 1. The molecule has 0 aliphatic carbocycles. The molecule has 33 heavy (non-hydrogen) atoms. The van der Waals surface area contributed by atoms with Crippen LogP contribution in [-0.2, 0) is 0 Å². The smallest absolute Gasteiger partial charge is 0.269 e. The molecule has 0 fully saturated rings. The van der Waals surface area contributed by atoms with Crippen molar-refractivity contribution in [3.8, 4) is 17.2 Å². The molecule has 3 aromatic rings. The zero-order valence-corrected chi connectivity index (χ0v) is 19.5. The van der Waals surface area contributed by atoms with Gasteiger partial charge in [0.15, 0.2) is 11.5 Å². The molecular weight excluding hydrogens is 490 g/mol. The van der Waals surface area contributed by atoms with Gasteiger partial charge in [-0.15, -0.1) is 0 Å². The van der Waals surface area contributed by atoms with Crippen molar-refractivity contribution in [2.24, 2.45) is 5.10 Å². The van der Waals surface area contributed by atoms with E-state index in [2.05, 4.69) is 15.9 Å². The Morgan fingerprint density at radius 2 is 1.91 bits per heavy atom. The summed E-state index contributed by atoms with van der Waals surface area (Å²) in [6.45, 7) is 0. The maximum Gasteiger partial charge on any atom is 0.269 e. The lowest BCUT2D eigenvalue weighted by Crippen LogP contribution is -2.33. The van der Waals surface area contributed by atoms with Gasteiger partial charge in [-0.05, 0) is 36.4 Å². The second kappa shape index (κ2) is 8.40. The third-order valence-electron chi connectivity index (χ3n) is 5.83. The van der Waals surface area contributed by atoms with E-state index in [0.29, 0.717) is 23.5 Å². The summed E-state index contributed by atoms with van der Waals surface area (Å²) < 4.78 is 18.1. The lowest BCUT2D eigenvalue weighted by atomic mass is 9.95. The lowest BCUT2D eigenvalue weighted by molar-refractivity contribution is -0.385. The fraction of sp³-hybridized carbons (Fsp3) is 0.208. The van der Waals surface area contributed by atoms with Gasteiger partial charge in [0, 0.05) is 39.7 Å². The lowest BCUT2D eigenvalue weighted by Gasteiger charge is -2.38. The van der Waals surface area contributed by atoms with Crippen LogP contribution < -0.4 is 14.2 Å². The van der Waals surface area contributed by atoms with Crippen LogP contribution in [0.15, 0.2) is 70.2 Å². The average Bonchev–Trinajstić information content (AvgIpc) is 3.29. The van der Waals surface area contributed by atoms with E-state index in [4.69, 9.17) is 19.3 Å². The minimum Gasteiger partial charge on any atom is -0.493 e. The van der Waals surface area contributed by atoms with Crippen LogP contribution in [0.25, 0.3) is 0 Å². The summed E-state index contributed by atoms with van der Waals surface area (Å²) in [7, 11) is 3.20. The average molecular weight is 510 g/mol. The van der Waals surface area contributed by atoms with E-state index in [1.54, 1.807) is 20.3 Å². The molecule has 2 atom stereocenters. The molecule has 3 aromatic carbocycles. The summed E-state index contributed by atoms with van der Waals surface area (Å²) in [5.41, 5.74) is 3.46. The topological polar surface area (TPSA) is 86.4 Å². The van der Waals surface area contributed by atoms with Crippen molar-refractivity contribution in [2.75, 3.05) is 14.2 Å². The Hall–Kier alpha value is -3.59. The van der Waals surface area contributed by atoms with Gasteiger partial charge < -0.3 is 14.2 Å². The fourth-order valence-electron chi connectivity index (χ4n) is 4.26. The van der Waals surface area contributed by atoms with Crippen molar-refractivity contribution in [1.82, 2.24) is 5.01 Å². The number of benzene rings is 3. The van der Waals surface area contributed by atoms with Gasteiger partial charge in [-0.25, -0.2) is 5.01 Å². The first-order valence-corrected chi connectivity index (χ1v) is 11.1. The molecule has 2 heterocycles. The van der Waals surface area contributed by atoms with Crippen LogP contribution in [0.1, 0.15) is 35.4 Å². The Labute approximate surface area is 198 Å². The van der Waals surface area contributed by atoms with Gasteiger partial charge in [0.25, 0.3) is 5.69 Å². The van der Waals surface area contributed by atoms with Crippen molar-refractivity contribution >= 4 is 27.3 Å². The van der Waals surface area contributed by atoms with Crippen molar-refractivity contribution in [1.29, 1.82) is 0 Å². The van der Waals surface area contributed by atoms with Crippen LogP contribution in [0.4, 0.5) is 5.69 Å². The van der Waals surface area contributed by atoms with Crippen molar-refractivity contribution in [2.45, 2.75) is 18.7 Å². The predicted molar refractivity (Wildman–Crippen MR) is 126 cm³/mol. The van der Waals surface area contributed by atoms with E-state index in [9.17, 15) is 10.1 Å². The molecular formula is C24H20BrN3O5. The summed E-state index contributed by atoms with van der Waals surface area (Å²) in [4.78, 5) is 10.9. The Bertz CT molecular complexity index is 1280. The Morgan fingerprint density at radius 3 is 2.67 bits per heavy atom. The van der Waals surface area contributed by atoms with Gasteiger partial charge in [0.05, 0.1) is 30.9 Å². The Kier molecular flexibility index (Phi) is 5.41. The number of rotatable bonds is 5. The molecule has 5 rings (SSSR count). The van der Waals surface area contributed by atoms with Crippen LogP contribution in [0, 0.1) is 10.1 Å². The number of nitro groups is 1. The van der Waals surface area contributed by atoms with E-state index in [0.717, 1.165) is 27.1 Å². The molecule has 0 radical (unpaired) electrons. The highest BCUT2D eigenvalue weighted by atomic mass is 79.9.